The van der Waals surface area contributed by atoms with Gasteiger partial charge in [-0.2, -0.15) is 4.98 Å². The molecule has 0 radical (unpaired) electrons. The van der Waals surface area contributed by atoms with E-state index in [4.69, 9.17) is 20.9 Å². The number of nitrogens with zero attached hydrogens (tertiary/aromatic N) is 2. The van der Waals surface area contributed by atoms with Crippen LogP contribution in [0.15, 0.2) is 4.52 Å². The van der Waals surface area contributed by atoms with Crippen LogP contribution < -0.4 is 0 Å². The molecular weight excluding hydrogens is 204 g/mol. The number of hydrogen-bond donors (Lipinski definition) is 0. The molecule has 1 aliphatic rings. The summed E-state index contributed by atoms with van der Waals surface area (Å²) in [4.78, 5) is 4.31. The smallest absolute Gasteiger partial charge is 0.227 e. The molecule has 14 heavy (non-hydrogen) atoms. The molecule has 0 bridgehead atoms. The highest BCUT2D eigenvalue weighted by atomic mass is 35.5. The van der Waals surface area contributed by atoms with Gasteiger partial charge >= 0.3 is 0 Å². The minimum absolute atomic E-state index is 0.400. The number of aryl methyl sites for hydroxylation is 1. The first-order valence-electron chi connectivity index (χ1n) is 4.86. The van der Waals surface area contributed by atoms with Gasteiger partial charge in [0.2, 0.25) is 5.89 Å². The zero-order valence-electron chi connectivity index (χ0n) is 7.91. The number of alkyl halides is 1. The topological polar surface area (TPSA) is 48.2 Å². The van der Waals surface area contributed by atoms with E-state index in [-0.39, 0.29) is 0 Å². The molecule has 1 aliphatic heterocycles. The molecule has 5 heteroatoms. The molecule has 1 fully saturated rings. The predicted molar refractivity (Wildman–Crippen MR) is 51.5 cm³/mol. The first kappa shape index (κ1) is 9.93. The Morgan fingerprint density at radius 2 is 2.14 bits per heavy atom. The number of hydrogen-bond acceptors (Lipinski definition) is 4. The minimum atomic E-state index is 0.400. The Hall–Kier alpha value is -0.610. The first-order valence-corrected chi connectivity index (χ1v) is 5.40. The van der Waals surface area contributed by atoms with Crippen LogP contribution in [-0.4, -0.2) is 29.2 Å². The monoisotopic (exact) mass is 216 g/mol. The molecule has 1 aromatic rings. The maximum atomic E-state index is 5.58. The fourth-order valence-corrected chi connectivity index (χ4v) is 1.73. The second kappa shape index (κ2) is 4.75. The summed E-state index contributed by atoms with van der Waals surface area (Å²) < 4.78 is 10.3. The van der Waals surface area contributed by atoms with E-state index in [9.17, 15) is 0 Å². The standard InChI is InChI=1S/C9H13ClN2O2/c10-4-1-8-11-9(12-14-8)7-2-5-13-6-3-7/h7H,1-6H2. The van der Waals surface area contributed by atoms with E-state index < -0.39 is 0 Å². The van der Waals surface area contributed by atoms with Crippen molar-refractivity contribution >= 4 is 11.6 Å². The van der Waals surface area contributed by atoms with Crippen LogP contribution in [0.4, 0.5) is 0 Å². The fraction of sp³-hybridized carbons (Fsp3) is 0.778. The molecular formula is C9H13ClN2O2. The number of halogens is 1. The molecule has 1 saturated heterocycles. The van der Waals surface area contributed by atoms with Crippen LogP contribution in [0, 0.1) is 0 Å². The lowest BCUT2D eigenvalue weighted by Crippen LogP contribution is -2.15. The summed E-state index contributed by atoms with van der Waals surface area (Å²) >= 11 is 5.58. The van der Waals surface area contributed by atoms with Crippen LogP contribution in [0.2, 0.25) is 0 Å². The maximum Gasteiger partial charge on any atom is 0.227 e. The Morgan fingerprint density at radius 1 is 1.36 bits per heavy atom. The average molecular weight is 217 g/mol. The van der Waals surface area contributed by atoms with Crippen molar-refractivity contribution in [2.24, 2.45) is 0 Å². The van der Waals surface area contributed by atoms with Crippen LogP contribution in [-0.2, 0) is 11.2 Å². The van der Waals surface area contributed by atoms with Crippen LogP contribution in [0.3, 0.4) is 0 Å². The quantitative estimate of drug-likeness (QED) is 0.723. The summed E-state index contributed by atoms with van der Waals surface area (Å²) in [5.74, 6) is 2.38. The highest BCUT2D eigenvalue weighted by Crippen LogP contribution is 2.24. The van der Waals surface area contributed by atoms with Crippen molar-refractivity contribution in [1.29, 1.82) is 0 Å². The second-order valence-corrected chi connectivity index (χ2v) is 3.75. The Labute approximate surface area is 87.6 Å². The molecule has 0 saturated carbocycles. The molecule has 78 valence electrons. The first-order chi connectivity index (χ1) is 6.90. The third-order valence-corrected chi connectivity index (χ3v) is 2.57. The largest absolute Gasteiger partial charge is 0.381 e. The fourth-order valence-electron chi connectivity index (χ4n) is 1.57. The van der Waals surface area contributed by atoms with Gasteiger partial charge in [-0.15, -0.1) is 11.6 Å². The van der Waals surface area contributed by atoms with Crippen molar-refractivity contribution in [2.75, 3.05) is 19.1 Å². The zero-order valence-corrected chi connectivity index (χ0v) is 8.66. The molecule has 0 spiro atoms. The van der Waals surface area contributed by atoms with E-state index in [1.807, 2.05) is 0 Å². The number of rotatable bonds is 3. The van der Waals surface area contributed by atoms with Gasteiger partial charge < -0.3 is 9.26 Å². The minimum Gasteiger partial charge on any atom is -0.381 e. The van der Waals surface area contributed by atoms with E-state index in [0.29, 0.717) is 24.1 Å². The van der Waals surface area contributed by atoms with Crippen molar-refractivity contribution in [3.05, 3.63) is 11.7 Å². The Balaban J connectivity index is 2.00. The zero-order chi connectivity index (χ0) is 9.80. The van der Waals surface area contributed by atoms with Crippen LogP contribution in [0.5, 0.6) is 0 Å². The Morgan fingerprint density at radius 3 is 2.86 bits per heavy atom. The number of ether oxygens (including phenoxy) is 1. The van der Waals surface area contributed by atoms with Gasteiger partial charge in [0.05, 0.1) is 0 Å². The van der Waals surface area contributed by atoms with Crippen molar-refractivity contribution in [3.63, 3.8) is 0 Å². The maximum absolute atomic E-state index is 5.58. The van der Waals surface area contributed by atoms with Gasteiger partial charge in [-0.1, -0.05) is 5.16 Å². The van der Waals surface area contributed by atoms with Crippen molar-refractivity contribution in [2.45, 2.75) is 25.2 Å². The van der Waals surface area contributed by atoms with E-state index >= 15 is 0 Å². The molecule has 4 nitrogen and oxygen atoms in total. The van der Waals surface area contributed by atoms with Gasteiger partial charge in [0.1, 0.15) is 0 Å². The summed E-state index contributed by atoms with van der Waals surface area (Å²) in [7, 11) is 0. The van der Waals surface area contributed by atoms with Crippen molar-refractivity contribution < 1.29 is 9.26 Å². The molecule has 2 heterocycles. The Bertz CT molecular complexity index is 284. The summed E-state index contributed by atoms with van der Waals surface area (Å²) in [5, 5.41) is 3.96. The van der Waals surface area contributed by atoms with E-state index in [1.165, 1.54) is 0 Å². The second-order valence-electron chi connectivity index (χ2n) is 3.37. The van der Waals surface area contributed by atoms with Gasteiger partial charge in [-0.05, 0) is 12.8 Å². The summed E-state index contributed by atoms with van der Waals surface area (Å²) in [6.45, 7) is 1.59. The molecule has 0 aromatic carbocycles. The third-order valence-electron chi connectivity index (χ3n) is 2.38. The van der Waals surface area contributed by atoms with Crippen LogP contribution >= 0.6 is 11.6 Å². The highest BCUT2D eigenvalue weighted by molar-refractivity contribution is 6.17. The van der Waals surface area contributed by atoms with Gasteiger partial charge in [0.15, 0.2) is 5.82 Å². The van der Waals surface area contributed by atoms with Crippen molar-refractivity contribution in [3.8, 4) is 0 Å². The Kier molecular flexibility index (Phi) is 3.37. The third kappa shape index (κ3) is 2.25. The lowest BCUT2D eigenvalue weighted by atomic mass is 10.00. The van der Waals surface area contributed by atoms with E-state index in [0.717, 1.165) is 31.9 Å². The van der Waals surface area contributed by atoms with Gasteiger partial charge in [0, 0.05) is 31.4 Å². The summed E-state index contributed by atoms with van der Waals surface area (Å²) in [5.41, 5.74) is 0. The van der Waals surface area contributed by atoms with Gasteiger partial charge in [-0.25, -0.2) is 0 Å². The molecule has 0 unspecified atom stereocenters. The molecule has 0 amide bonds. The molecule has 0 aliphatic carbocycles. The molecule has 1 aromatic heterocycles. The molecule has 0 atom stereocenters. The van der Waals surface area contributed by atoms with Crippen LogP contribution in [0.1, 0.15) is 30.5 Å². The van der Waals surface area contributed by atoms with Gasteiger partial charge in [0.25, 0.3) is 0 Å². The number of aromatic nitrogens is 2. The molecule has 2 rings (SSSR count). The van der Waals surface area contributed by atoms with Crippen LogP contribution in [0.25, 0.3) is 0 Å². The van der Waals surface area contributed by atoms with Gasteiger partial charge in [-0.3, -0.25) is 0 Å². The summed E-state index contributed by atoms with van der Waals surface area (Å²) in [6, 6.07) is 0. The lowest BCUT2D eigenvalue weighted by Gasteiger charge is -2.18. The predicted octanol–water partition coefficient (Wildman–Crippen LogP) is 1.74. The van der Waals surface area contributed by atoms with E-state index in [2.05, 4.69) is 10.1 Å². The average Bonchev–Trinajstić information content (AvgIpc) is 2.68. The van der Waals surface area contributed by atoms with E-state index in [1.54, 1.807) is 0 Å². The highest BCUT2D eigenvalue weighted by Gasteiger charge is 2.20. The van der Waals surface area contributed by atoms with Crippen molar-refractivity contribution in [1.82, 2.24) is 10.1 Å². The molecule has 0 N–H and O–H groups in total. The normalized spacial score (nSPS) is 18.6. The SMILES string of the molecule is ClCCc1nc(C2CCOCC2)no1. The lowest BCUT2D eigenvalue weighted by molar-refractivity contribution is 0.0830. The summed E-state index contributed by atoms with van der Waals surface area (Å²) in [6.07, 6.45) is 2.62.